The molecule has 0 radical (unpaired) electrons. The summed E-state index contributed by atoms with van der Waals surface area (Å²) in [5.41, 5.74) is 0.810. The number of hydrogen-bond acceptors (Lipinski definition) is 8. The number of aromatic nitrogens is 2. The van der Waals surface area contributed by atoms with E-state index in [1.807, 2.05) is 0 Å². The number of aryl methyl sites for hydroxylation is 1. The average Bonchev–Trinajstić information content (AvgIpc) is 3.00. The standard InChI is InChI=1S/C14H15N5O3S2/c1-3-6-15-13-17-18-14(24-13)23-8-12(20)16-10-5-4-9(2)7-11(10)19(21)22/h3-5,7H,1,6,8H2,2H3,(H,15,17)(H,16,20). The molecular formula is C14H15N5O3S2. The maximum Gasteiger partial charge on any atom is 0.293 e. The fraction of sp³-hybridized carbons (Fsp3) is 0.214. The van der Waals surface area contributed by atoms with Crippen molar-refractivity contribution in [2.24, 2.45) is 0 Å². The van der Waals surface area contributed by atoms with E-state index in [9.17, 15) is 14.9 Å². The van der Waals surface area contributed by atoms with E-state index in [0.717, 1.165) is 5.56 Å². The zero-order chi connectivity index (χ0) is 17.5. The highest BCUT2D eigenvalue weighted by Gasteiger charge is 2.16. The summed E-state index contributed by atoms with van der Waals surface area (Å²) in [6.07, 6.45) is 1.70. The molecule has 2 aromatic rings. The highest BCUT2D eigenvalue weighted by Crippen LogP contribution is 2.27. The lowest BCUT2D eigenvalue weighted by Crippen LogP contribution is -2.15. The lowest BCUT2D eigenvalue weighted by atomic mass is 10.2. The van der Waals surface area contributed by atoms with Crippen LogP contribution in [0.4, 0.5) is 16.5 Å². The first-order chi connectivity index (χ1) is 11.5. The number of hydrogen-bond donors (Lipinski definition) is 2. The van der Waals surface area contributed by atoms with Gasteiger partial charge in [-0.25, -0.2) is 0 Å². The largest absolute Gasteiger partial charge is 0.357 e. The van der Waals surface area contributed by atoms with E-state index in [1.54, 1.807) is 19.1 Å². The summed E-state index contributed by atoms with van der Waals surface area (Å²) in [6.45, 7) is 5.93. The minimum atomic E-state index is -0.516. The molecule has 2 N–H and O–H groups in total. The van der Waals surface area contributed by atoms with Crippen LogP contribution in [0.1, 0.15) is 5.56 Å². The van der Waals surface area contributed by atoms with Gasteiger partial charge in [0.15, 0.2) is 4.34 Å². The molecule has 0 saturated heterocycles. The Bertz CT molecular complexity index is 763. The smallest absolute Gasteiger partial charge is 0.293 e. The van der Waals surface area contributed by atoms with Crippen LogP contribution in [0, 0.1) is 17.0 Å². The quantitative estimate of drug-likeness (QED) is 0.320. The Morgan fingerprint density at radius 1 is 1.50 bits per heavy atom. The molecule has 1 aromatic heterocycles. The lowest BCUT2D eigenvalue weighted by molar-refractivity contribution is -0.384. The van der Waals surface area contributed by atoms with Crippen molar-refractivity contribution in [3.05, 3.63) is 46.5 Å². The first-order valence-corrected chi connectivity index (χ1v) is 8.65. The highest BCUT2D eigenvalue weighted by atomic mass is 32.2. The molecule has 1 heterocycles. The van der Waals surface area contributed by atoms with Crippen molar-refractivity contribution < 1.29 is 9.72 Å². The van der Waals surface area contributed by atoms with Crippen LogP contribution in [-0.2, 0) is 4.79 Å². The van der Waals surface area contributed by atoms with Gasteiger partial charge in [-0.05, 0) is 18.6 Å². The van der Waals surface area contributed by atoms with Crippen molar-refractivity contribution >= 4 is 45.5 Å². The van der Waals surface area contributed by atoms with Gasteiger partial charge in [0.1, 0.15) is 5.69 Å². The monoisotopic (exact) mass is 365 g/mol. The van der Waals surface area contributed by atoms with Crippen molar-refractivity contribution in [1.29, 1.82) is 0 Å². The Morgan fingerprint density at radius 3 is 3.00 bits per heavy atom. The van der Waals surface area contributed by atoms with Gasteiger partial charge >= 0.3 is 0 Å². The maximum absolute atomic E-state index is 12.0. The number of nitro benzene ring substituents is 1. The number of carbonyl (C=O) groups is 1. The minimum absolute atomic E-state index is 0.0844. The molecule has 126 valence electrons. The second-order valence-corrected chi connectivity index (χ2v) is 6.86. The van der Waals surface area contributed by atoms with Crippen LogP contribution in [0.25, 0.3) is 0 Å². The third-order valence-electron chi connectivity index (χ3n) is 2.75. The van der Waals surface area contributed by atoms with Gasteiger partial charge in [-0.2, -0.15) is 0 Å². The third-order valence-corrected chi connectivity index (χ3v) is 4.77. The second-order valence-electron chi connectivity index (χ2n) is 4.66. The predicted octanol–water partition coefficient (Wildman–Crippen LogP) is 3.08. The van der Waals surface area contributed by atoms with Crippen LogP contribution in [0.5, 0.6) is 0 Å². The Kier molecular flexibility index (Phi) is 6.27. The van der Waals surface area contributed by atoms with Gasteiger partial charge in [-0.3, -0.25) is 14.9 Å². The summed E-state index contributed by atoms with van der Waals surface area (Å²) in [7, 11) is 0. The Hall–Kier alpha value is -2.46. The zero-order valence-electron chi connectivity index (χ0n) is 12.8. The number of nitrogens with zero attached hydrogens (tertiary/aromatic N) is 3. The van der Waals surface area contributed by atoms with Crippen molar-refractivity contribution in [3.63, 3.8) is 0 Å². The number of anilines is 2. The van der Waals surface area contributed by atoms with E-state index in [2.05, 4.69) is 27.4 Å². The topological polar surface area (TPSA) is 110 Å². The first-order valence-electron chi connectivity index (χ1n) is 6.85. The van der Waals surface area contributed by atoms with Gasteiger partial charge < -0.3 is 10.6 Å². The molecule has 1 amide bonds. The predicted molar refractivity (Wildman–Crippen MR) is 95.8 cm³/mol. The van der Waals surface area contributed by atoms with E-state index >= 15 is 0 Å². The minimum Gasteiger partial charge on any atom is -0.357 e. The van der Waals surface area contributed by atoms with Crippen LogP contribution in [0.15, 0.2) is 35.2 Å². The molecule has 0 aliphatic rings. The van der Waals surface area contributed by atoms with Crippen molar-refractivity contribution in [2.45, 2.75) is 11.3 Å². The van der Waals surface area contributed by atoms with E-state index in [4.69, 9.17) is 0 Å². The molecule has 10 heteroatoms. The molecule has 0 atom stereocenters. The van der Waals surface area contributed by atoms with Crippen LogP contribution in [-0.4, -0.2) is 33.3 Å². The Morgan fingerprint density at radius 2 is 2.29 bits per heavy atom. The molecule has 0 aliphatic heterocycles. The van der Waals surface area contributed by atoms with Gasteiger partial charge in [-0.15, -0.1) is 16.8 Å². The zero-order valence-corrected chi connectivity index (χ0v) is 14.4. The molecule has 0 fully saturated rings. The van der Waals surface area contributed by atoms with Gasteiger partial charge in [0.2, 0.25) is 11.0 Å². The van der Waals surface area contributed by atoms with Gasteiger partial charge in [-0.1, -0.05) is 35.2 Å². The number of nitro groups is 1. The summed E-state index contributed by atoms with van der Waals surface area (Å²) in [5, 5.41) is 25.1. The summed E-state index contributed by atoms with van der Waals surface area (Å²) in [4.78, 5) is 22.5. The molecule has 1 aromatic carbocycles. The fourth-order valence-electron chi connectivity index (χ4n) is 1.71. The highest BCUT2D eigenvalue weighted by molar-refractivity contribution is 8.01. The molecule has 0 bridgehead atoms. The van der Waals surface area contributed by atoms with Crippen LogP contribution >= 0.6 is 23.1 Å². The van der Waals surface area contributed by atoms with Crippen LogP contribution in [0.2, 0.25) is 0 Å². The SMILES string of the molecule is C=CCNc1nnc(SCC(=O)Nc2ccc(C)cc2[N+](=O)[O-])s1. The maximum atomic E-state index is 12.0. The summed E-state index contributed by atoms with van der Waals surface area (Å²) in [5.74, 6) is -0.260. The van der Waals surface area contributed by atoms with Crippen molar-refractivity contribution in [3.8, 4) is 0 Å². The fourth-order valence-corrected chi connectivity index (χ4v) is 3.27. The summed E-state index contributed by atoms with van der Waals surface area (Å²) < 4.78 is 0.634. The van der Waals surface area contributed by atoms with Crippen molar-refractivity contribution in [1.82, 2.24) is 10.2 Å². The van der Waals surface area contributed by atoms with E-state index in [0.29, 0.717) is 16.0 Å². The van der Waals surface area contributed by atoms with Gasteiger partial charge in [0, 0.05) is 12.6 Å². The molecule has 0 spiro atoms. The number of carbonyl (C=O) groups excluding carboxylic acids is 1. The summed E-state index contributed by atoms with van der Waals surface area (Å²) in [6, 6.07) is 4.65. The molecule has 0 unspecified atom stereocenters. The third kappa shape index (κ3) is 5.03. The Labute approximate surface area is 146 Å². The first kappa shape index (κ1) is 17.9. The number of benzene rings is 1. The number of amides is 1. The molecule has 8 nitrogen and oxygen atoms in total. The van der Waals surface area contributed by atoms with Gasteiger partial charge in [0.25, 0.3) is 5.69 Å². The second kappa shape index (κ2) is 8.41. The van der Waals surface area contributed by atoms with Crippen LogP contribution in [0.3, 0.4) is 0 Å². The number of nitrogens with one attached hydrogen (secondary N) is 2. The number of rotatable bonds is 8. The number of thioether (sulfide) groups is 1. The lowest BCUT2D eigenvalue weighted by Gasteiger charge is -2.05. The van der Waals surface area contributed by atoms with E-state index < -0.39 is 4.92 Å². The van der Waals surface area contributed by atoms with E-state index in [1.165, 1.54) is 35.2 Å². The van der Waals surface area contributed by atoms with Crippen molar-refractivity contribution in [2.75, 3.05) is 22.9 Å². The normalized spacial score (nSPS) is 10.2. The molecule has 0 aliphatic carbocycles. The summed E-state index contributed by atoms with van der Waals surface area (Å²) >= 11 is 2.54. The molecule has 2 rings (SSSR count). The average molecular weight is 365 g/mol. The molecule has 24 heavy (non-hydrogen) atoms. The Balaban J connectivity index is 1.93. The molecule has 0 saturated carbocycles. The van der Waals surface area contributed by atoms with Crippen LogP contribution < -0.4 is 10.6 Å². The van der Waals surface area contributed by atoms with Gasteiger partial charge in [0.05, 0.1) is 10.7 Å². The molecular weight excluding hydrogens is 350 g/mol. The van der Waals surface area contributed by atoms with E-state index in [-0.39, 0.29) is 23.0 Å².